The lowest BCUT2D eigenvalue weighted by molar-refractivity contribution is 0.669. The first kappa shape index (κ1) is 28.6. The fourth-order valence-electron chi connectivity index (χ4n) is 6.99. The monoisotopic (exact) mass is 657 g/mol. The molecule has 0 saturated heterocycles. The number of hydrogen-bond acceptors (Lipinski definition) is 5. The highest BCUT2D eigenvalue weighted by molar-refractivity contribution is 7.25. The molecule has 50 heavy (non-hydrogen) atoms. The quantitative estimate of drug-likeness (QED) is 0.185. The van der Waals surface area contributed by atoms with Crippen molar-refractivity contribution in [2.75, 3.05) is 0 Å². The zero-order valence-corrected chi connectivity index (χ0v) is 27.6. The van der Waals surface area contributed by atoms with Gasteiger partial charge in [0.2, 0.25) is 0 Å². The molecule has 0 N–H and O–H groups in total. The zero-order valence-electron chi connectivity index (χ0n) is 26.7. The van der Waals surface area contributed by atoms with E-state index in [-0.39, 0.29) is 0 Å². The van der Waals surface area contributed by atoms with Gasteiger partial charge in [-0.25, -0.2) is 9.97 Å². The predicted molar refractivity (Wildman–Crippen MR) is 207 cm³/mol. The topological polar surface area (TPSA) is 51.8 Å². The van der Waals surface area contributed by atoms with Gasteiger partial charge in [-0.15, -0.1) is 11.3 Å². The summed E-state index contributed by atoms with van der Waals surface area (Å²) >= 11 is 1.83. The molecule has 10 aromatic rings. The number of benzene rings is 6. The summed E-state index contributed by atoms with van der Waals surface area (Å²) in [5, 5.41) is 4.73. The molecule has 234 valence electrons. The number of fused-ring (bicyclic) bond motifs is 6. The number of furan rings is 1. The van der Waals surface area contributed by atoms with E-state index in [1.807, 2.05) is 60.0 Å². The number of nitrogens with zero attached hydrogens (tertiary/aromatic N) is 3. The van der Waals surface area contributed by atoms with Crippen LogP contribution in [0.3, 0.4) is 0 Å². The van der Waals surface area contributed by atoms with Gasteiger partial charge >= 0.3 is 0 Å². The van der Waals surface area contributed by atoms with Crippen LogP contribution < -0.4 is 0 Å². The lowest BCUT2D eigenvalue weighted by Gasteiger charge is -2.12. The van der Waals surface area contributed by atoms with E-state index in [1.54, 1.807) is 0 Å². The van der Waals surface area contributed by atoms with Crippen molar-refractivity contribution in [1.82, 2.24) is 15.0 Å². The van der Waals surface area contributed by atoms with Gasteiger partial charge in [0.15, 0.2) is 5.82 Å². The maximum absolute atomic E-state index is 6.23. The highest BCUT2D eigenvalue weighted by Gasteiger charge is 2.17. The van der Waals surface area contributed by atoms with Gasteiger partial charge in [0.05, 0.1) is 17.1 Å². The van der Waals surface area contributed by atoms with Crippen LogP contribution in [-0.2, 0) is 0 Å². The van der Waals surface area contributed by atoms with E-state index >= 15 is 0 Å². The third kappa shape index (κ3) is 4.79. The average molecular weight is 658 g/mol. The maximum Gasteiger partial charge on any atom is 0.160 e. The van der Waals surface area contributed by atoms with E-state index < -0.39 is 0 Å². The normalized spacial score (nSPS) is 11.6. The van der Waals surface area contributed by atoms with Crippen LogP contribution in [0.2, 0.25) is 0 Å². The lowest BCUT2D eigenvalue weighted by Crippen LogP contribution is -1.96. The molecule has 0 unspecified atom stereocenters. The van der Waals surface area contributed by atoms with Gasteiger partial charge in [0.25, 0.3) is 0 Å². The van der Waals surface area contributed by atoms with Crippen LogP contribution in [0.25, 0.3) is 98.4 Å². The summed E-state index contributed by atoms with van der Waals surface area (Å²) in [5.74, 6) is 0.678. The smallest absolute Gasteiger partial charge is 0.160 e. The number of para-hydroxylation sites is 1. The Morgan fingerprint density at radius 1 is 0.440 bits per heavy atom. The summed E-state index contributed by atoms with van der Waals surface area (Å²) in [6.45, 7) is 0. The number of pyridine rings is 1. The Labute approximate surface area is 292 Å². The number of rotatable bonds is 5. The van der Waals surface area contributed by atoms with E-state index in [0.717, 1.165) is 72.4 Å². The summed E-state index contributed by atoms with van der Waals surface area (Å²) in [6.07, 6.45) is 1.89. The van der Waals surface area contributed by atoms with Crippen molar-refractivity contribution >= 4 is 53.4 Å². The lowest BCUT2D eigenvalue weighted by atomic mass is 9.95. The van der Waals surface area contributed by atoms with Crippen LogP contribution in [-0.4, -0.2) is 15.0 Å². The molecule has 5 heteroatoms. The standard InChI is InChI=1S/C45H27N3OS/c1-2-10-30(11-3-1)45-47-37(27-38(48-45)31-23-24-34-33-12-4-6-16-39(33)49-40(34)26-31)29-21-19-28(20-22-29)32-15-9-25-46-44(32)36-14-8-18-42-43(36)35-13-5-7-17-41(35)50-42/h1-27H. The van der Waals surface area contributed by atoms with Crippen molar-refractivity contribution in [1.29, 1.82) is 0 Å². The van der Waals surface area contributed by atoms with Crippen molar-refractivity contribution in [3.8, 4) is 56.3 Å². The van der Waals surface area contributed by atoms with Gasteiger partial charge in [0.1, 0.15) is 11.2 Å². The fraction of sp³-hybridized carbons (Fsp3) is 0. The Balaban J connectivity index is 1.08. The van der Waals surface area contributed by atoms with Crippen molar-refractivity contribution in [3.63, 3.8) is 0 Å². The van der Waals surface area contributed by atoms with Gasteiger partial charge in [-0.1, -0.05) is 115 Å². The first-order valence-electron chi connectivity index (χ1n) is 16.6. The van der Waals surface area contributed by atoms with Crippen molar-refractivity contribution in [2.24, 2.45) is 0 Å². The molecular weight excluding hydrogens is 631 g/mol. The van der Waals surface area contributed by atoms with Gasteiger partial charge in [-0.2, -0.15) is 0 Å². The highest BCUT2D eigenvalue weighted by atomic mass is 32.1. The second kappa shape index (κ2) is 11.6. The van der Waals surface area contributed by atoms with Crippen LogP contribution >= 0.6 is 11.3 Å². The molecule has 0 spiro atoms. The van der Waals surface area contributed by atoms with Crippen LogP contribution in [0.5, 0.6) is 0 Å². The third-order valence-electron chi connectivity index (χ3n) is 9.39. The SMILES string of the molecule is c1ccc(-c2nc(-c3ccc(-c4cccnc4-c4cccc5sc6ccccc6c45)cc3)cc(-c3ccc4c(c3)oc3ccccc34)n2)cc1. The van der Waals surface area contributed by atoms with E-state index in [1.165, 1.54) is 20.2 Å². The molecule has 0 atom stereocenters. The number of thiophene rings is 1. The molecule has 6 aromatic carbocycles. The average Bonchev–Trinajstić information content (AvgIpc) is 3.76. The van der Waals surface area contributed by atoms with E-state index in [4.69, 9.17) is 19.4 Å². The largest absolute Gasteiger partial charge is 0.456 e. The Morgan fingerprint density at radius 3 is 2.00 bits per heavy atom. The molecular formula is C45H27N3OS. The highest BCUT2D eigenvalue weighted by Crippen LogP contribution is 2.42. The van der Waals surface area contributed by atoms with Gasteiger partial charge < -0.3 is 4.42 Å². The number of hydrogen-bond donors (Lipinski definition) is 0. The first-order valence-corrected chi connectivity index (χ1v) is 17.4. The van der Waals surface area contributed by atoms with E-state index in [9.17, 15) is 0 Å². The van der Waals surface area contributed by atoms with Crippen molar-refractivity contribution in [2.45, 2.75) is 0 Å². The molecule has 4 nitrogen and oxygen atoms in total. The second-order valence-corrected chi connectivity index (χ2v) is 13.5. The van der Waals surface area contributed by atoms with Gasteiger partial charge in [0, 0.05) is 65.0 Å². The van der Waals surface area contributed by atoms with Crippen LogP contribution in [0.4, 0.5) is 0 Å². The molecule has 0 aliphatic heterocycles. The van der Waals surface area contributed by atoms with Crippen LogP contribution in [0.15, 0.2) is 168 Å². The van der Waals surface area contributed by atoms with Gasteiger partial charge in [-0.3, -0.25) is 4.98 Å². The predicted octanol–water partition coefficient (Wildman–Crippen LogP) is 12.5. The summed E-state index contributed by atoms with van der Waals surface area (Å²) in [4.78, 5) is 15.1. The fourth-order valence-corrected chi connectivity index (χ4v) is 8.12. The Hall–Kier alpha value is -6.43. The summed E-state index contributed by atoms with van der Waals surface area (Å²) in [5.41, 5.74) is 10.7. The minimum absolute atomic E-state index is 0.678. The number of aromatic nitrogens is 3. The minimum Gasteiger partial charge on any atom is -0.456 e. The Morgan fingerprint density at radius 2 is 1.12 bits per heavy atom. The minimum atomic E-state index is 0.678. The third-order valence-corrected chi connectivity index (χ3v) is 10.5. The first-order chi connectivity index (χ1) is 24.8. The molecule has 4 heterocycles. The van der Waals surface area contributed by atoms with Crippen LogP contribution in [0, 0.1) is 0 Å². The Bertz CT molecular complexity index is 2870. The molecule has 0 saturated carbocycles. The molecule has 10 rings (SSSR count). The van der Waals surface area contributed by atoms with E-state index in [0.29, 0.717) is 5.82 Å². The zero-order chi connectivity index (χ0) is 33.0. The molecule has 0 amide bonds. The van der Waals surface area contributed by atoms with Crippen molar-refractivity contribution < 1.29 is 4.42 Å². The summed E-state index contributed by atoms with van der Waals surface area (Å²) in [7, 11) is 0. The summed E-state index contributed by atoms with van der Waals surface area (Å²) < 4.78 is 8.79. The van der Waals surface area contributed by atoms with E-state index in [2.05, 4.69) is 115 Å². The Kier molecular flexibility index (Phi) is 6.64. The molecule has 0 bridgehead atoms. The van der Waals surface area contributed by atoms with Crippen molar-refractivity contribution in [3.05, 3.63) is 164 Å². The molecule has 0 aliphatic carbocycles. The molecule has 0 fully saturated rings. The van der Waals surface area contributed by atoms with Gasteiger partial charge in [-0.05, 0) is 48.0 Å². The molecule has 4 aromatic heterocycles. The second-order valence-electron chi connectivity index (χ2n) is 12.4. The molecule has 0 aliphatic rings. The molecule has 0 radical (unpaired) electrons. The van der Waals surface area contributed by atoms with Crippen LogP contribution in [0.1, 0.15) is 0 Å². The maximum atomic E-state index is 6.23. The summed E-state index contributed by atoms with van der Waals surface area (Å²) in [6, 6.07) is 54.7.